The Balaban J connectivity index is 1.64. The number of aliphatic carboxylic acids is 1. The van der Waals surface area contributed by atoms with Crippen LogP contribution in [0.4, 0.5) is 0 Å². The van der Waals surface area contributed by atoms with E-state index in [9.17, 15) is 14.7 Å². The zero-order valence-corrected chi connectivity index (χ0v) is 14.9. The van der Waals surface area contributed by atoms with Gasteiger partial charge in [-0.05, 0) is 46.5 Å². The van der Waals surface area contributed by atoms with Crippen LogP contribution in [0.1, 0.15) is 32.6 Å². The quantitative estimate of drug-likeness (QED) is 0.815. The van der Waals surface area contributed by atoms with Gasteiger partial charge in [-0.3, -0.25) is 4.79 Å². The molecule has 2 N–H and O–H groups in total. The Labute approximate surface area is 156 Å². The average Bonchev–Trinajstić information content (AvgIpc) is 3.00. The first-order valence-electron chi connectivity index (χ1n) is 8.63. The fourth-order valence-corrected chi connectivity index (χ4v) is 4.19. The predicted octanol–water partition coefficient (Wildman–Crippen LogP) is 2.55. The second kappa shape index (κ2) is 6.41. The maximum atomic E-state index is 13.0. The Morgan fingerprint density at radius 3 is 2.35 bits per heavy atom. The molecule has 2 aromatic rings. The molecule has 1 aliphatic heterocycles. The zero-order chi connectivity index (χ0) is 18.3. The van der Waals surface area contributed by atoms with Gasteiger partial charge in [-0.15, -0.1) is 0 Å². The van der Waals surface area contributed by atoms with E-state index < -0.39 is 11.5 Å². The number of nitrogens with one attached hydrogen (secondary N) is 1. The second-order valence-electron chi connectivity index (χ2n) is 7.00. The Morgan fingerprint density at radius 2 is 1.69 bits per heavy atom. The summed E-state index contributed by atoms with van der Waals surface area (Å²) in [6.07, 6.45) is 1.27. The van der Waals surface area contributed by atoms with Crippen LogP contribution in [0.25, 0.3) is 0 Å². The third kappa shape index (κ3) is 2.87. The van der Waals surface area contributed by atoms with Crippen molar-refractivity contribution >= 4 is 23.7 Å². The van der Waals surface area contributed by atoms with Crippen molar-refractivity contribution in [1.29, 1.82) is 0 Å². The number of hydrogen-bond donors (Lipinski definition) is 2. The third-order valence-corrected chi connectivity index (χ3v) is 5.62. The fourth-order valence-electron chi connectivity index (χ4n) is 3.98. The summed E-state index contributed by atoms with van der Waals surface area (Å²) in [5, 5.41) is 12.7. The lowest BCUT2D eigenvalue weighted by Crippen LogP contribution is -2.55. The lowest BCUT2D eigenvalue weighted by Gasteiger charge is -2.28. The van der Waals surface area contributed by atoms with E-state index in [0.717, 1.165) is 22.3 Å². The van der Waals surface area contributed by atoms with Crippen LogP contribution >= 0.6 is 11.8 Å². The molecule has 2 aliphatic rings. The van der Waals surface area contributed by atoms with Crippen LogP contribution in [0.2, 0.25) is 0 Å². The van der Waals surface area contributed by atoms with Crippen LogP contribution in [0.3, 0.4) is 0 Å². The Kier molecular flexibility index (Phi) is 4.21. The molecule has 5 nitrogen and oxygen atoms in total. The summed E-state index contributed by atoms with van der Waals surface area (Å²) in [7, 11) is 0. The largest absolute Gasteiger partial charge is 0.479 e. The number of halogens is 1. The summed E-state index contributed by atoms with van der Waals surface area (Å²) in [5.41, 5.74) is 3.17. The third-order valence-electron chi connectivity index (χ3n) is 5.33. The van der Waals surface area contributed by atoms with Gasteiger partial charge < -0.3 is 10.4 Å². The molecular formula is C20H19ClN2O3. The number of hydrogen-bond acceptors (Lipinski definition) is 3. The highest BCUT2D eigenvalue weighted by Gasteiger charge is 2.45. The molecule has 0 fully saturated rings. The van der Waals surface area contributed by atoms with Crippen LogP contribution in [0, 0.1) is 0 Å². The molecule has 1 amide bonds. The van der Waals surface area contributed by atoms with Gasteiger partial charge in [0, 0.05) is 31.5 Å². The number of carbonyl (C=O) groups excluding carboxylic acids is 1. The van der Waals surface area contributed by atoms with E-state index >= 15 is 0 Å². The smallest absolute Gasteiger partial charge is 0.330 e. The van der Waals surface area contributed by atoms with Gasteiger partial charge in [-0.2, -0.15) is 0 Å². The van der Waals surface area contributed by atoms with E-state index in [1.807, 2.05) is 36.4 Å². The van der Waals surface area contributed by atoms with Crippen LogP contribution in [0.5, 0.6) is 0 Å². The minimum Gasteiger partial charge on any atom is -0.479 e. The normalized spacial score (nSPS) is 18.0. The molecule has 6 heteroatoms. The summed E-state index contributed by atoms with van der Waals surface area (Å²) >= 11 is 6.08. The molecule has 0 unspecified atom stereocenters. The summed E-state index contributed by atoms with van der Waals surface area (Å²) < 4.78 is 1.69. The van der Waals surface area contributed by atoms with Gasteiger partial charge in [0.1, 0.15) is 5.54 Å². The predicted molar refractivity (Wildman–Crippen MR) is 98.1 cm³/mol. The van der Waals surface area contributed by atoms with Crippen molar-refractivity contribution in [2.45, 2.75) is 31.3 Å². The molecule has 0 saturated carbocycles. The van der Waals surface area contributed by atoms with E-state index in [2.05, 4.69) is 5.32 Å². The van der Waals surface area contributed by atoms with Gasteiger partial charge in [-0.1, -0.05) is 36.4 Å². The van der Waals surface area contributed by atoms with Crippen molar-refractivity contribution in [3.05, 3.63) is 70.3 Å². The SMILES string of the molecule is O=C(NC1(C(=O)O)Cc2ccccc2C1)c1cccc2c1CCN(Cl)C2. The van der Waals surface area contributed by atoms with E-state index in [1.165, 1.54) is 0 Å². The van der Waals surface area contributed by atoms with Gasteiger partial charge >= 0.3 is 5.97 Å². The molecule has 1 heterocycles. The Bertz CT molecular complexity index is 871. The maximum Gasteiger partial charge on any atom is 0.330 e. The van der Waals surface area contributed by atoms with E-state index in [1.54, 1.807) is 10.5 Å². The number of carboxylic acid groups (broad SMARTS) is 1. The maximum absolute atomic E-state index is 13.0. The molecule has 134 valence electrons. The van der Waals surface area contributed by atoms with Crippen LogP contribution in [-0.4, -0.2) is 33.5 Å². The number of amides is 1. The number of nitrogens with zero attached hydrogens (tertiary/aromatic N) is 1. The minimum absolute atomic E-state index is 0.300. The number of rotatable bonds is 3. The molecule has 4 rings (SSSR count). The molecular weight excluding hydrogens is 352 g/mol. The summed E-state index contributed by atoms with van der Waals surface area (Å²) in [6.45, 7) is 1.24. The first-order valence-corrected chi connectivity index (χ1v) is 8.96. The molecule has 0 saturated heterocycles. The topological polar surface area (TPSA) is 69.6 Å². The van der Waals surface area contributed by atoms with Crippen molar-refractivity contribution in [2.24, 2.45) is 0 Å². The summed E-state index contributed by atoms with van der Waals surface area (Å²) in [5.74, 6) is -1.33. The molecule has 0 atom stereocenters. The average molecular weight is 371 g/mol. The van der Waals surface area contributed by atoms with Crippen molar-refractivity contribution in [1.82, 2.24) is 9.74 Å². The lowest BCUT2D eigenvalue weighted by atomic mass is 9.92. The van der Waals surface area contributed by atoms with E-state index in [4.69, 9.17) is 11.8 Å². The van der Waals surface area contributed by atoms with Crippen LogP contribution in [-0.2, 0) is 30.6 Å². The number of carbonyl (C=O) groups is 2. The molecule has 1 aliphatic carbocycles. The van der Waals surface area contributed by atoms with Gasteiger partial charge in [-0.25, -0.2) is 9.21 Å². The zero-order valence-electron chi connectivity index (χ0n) is 14.2. The van der Waals surface area contributed by atoms with E-state index in [-0.39, 0.29) is 5.91 Å². The molecule has 0 radical (unpaired) electrons. The number of fused-ring (bicyclic) bond motifs is 2. The molecule has 0 spiro atoms. The molecule has 2 aromatic carbocycles. The standard InChI is InChI=1S/C20H19ClN2O3/c21-23-9-8-16-15(12-23)6-3-7-17(16)18(24)22-20(19(25)26)10-13-4-1-2-5-14(13)11-20/h1-7H,8-12H2,(H,22,24)(H,25,26). The number of carboxylic acids is 1. The van der Waals surface area contributed by atoms with Gasteiger partial charge in [0.25, 0.3) is 5.91 Å². The summed E-state index contributed by atoms with van der Waals surface area (Å²) in [4.78, 5) is 25.0. The van der Waals surface area contributed by atoms with Crippen LogP contribution < -0.4 is 5.32 Å². The van der Waals surface area contributed by atoms with Crippen molar-refractivity contribution < 1.29 is 14.7 Å². The summed E-state index contributed by atoms with van der Waals surface area (Å²) in [6, 6.07) is 13.2. The van der Waals surface area contributed by atoms with E-state index in [0.29, 0.717) is 37.9 Å². The second-order valence-corrected chi connectivity index (χ2v) is 7.48. The first kappa shape index (κ1) is 17.1. The highest BCUT2D eigenvalue weighted by Crippen LogP contribution is 2.31. The Hall–Kier alpha value is -2.37. The lowest BCUT2D eigenvalue weighted by molar-refractivity contribution is -0.144. The highest BCUT2D eigenvalue weighted by molar-refractivity contribution is 6.13. The van der Waals surface area contributed by atoms with Crippen LogP contribution in [0.15, 0.2) is 42.5 Å². The van der Waals surface area contributed by atoms with Gasteiger partial charge in [0.15, 0.2) is 0 Å². The molecule has 26 heavy (non-hydrogen) atoms. The van der Waals surface area contributed by atoms with Crippen molar-refractivity contribution in [3.63, 3.8) is 0 Å². The highest BCUT2D eigenvalue weighted by atomic mass is 35.5. The minimum atomic E-state index is -1.29. The van der Waals surface area contributed by atoms with Gasteiger partial charge in [0.2, 0.25) is 0 Å². The first-order chi connectivity index (χ1) is 12.5. The Morgan fingerprint density at radius 1 is 1.04 bits per heavy atom. The number of benzene rings is 2. The van der Waals surface area contributed by atoms with Crippen molar-refractivity contribution in [2.75, 3.05) is 6.54 Å². The molecule has 0 bridgehead atoms. The van der Waals surface area contributed by atoms with Gasteiger partial charge in [0.05, 0.1) is 0 Å². The molecule has 0 aromatic heterocycles. The van der Waals surface area contributed by atoms with Crippen molar-refractivity contribution in [3.8, 4) is 0 Å². The monoisotopic (exact) mass is 370 g/mol. The fraction of sp³-hybridized carbons (Fsp3) is 0.300.